The highest BCUT2D eigenvalue weighted by atomic mass is 15.3. The topological polar surface area (TPSA) is 52.4 Å². The van der Waals surface area contributed by atoms with Crippen molar-refractivity contribution in [2.75, 3.05) is 0 Å². The molecule has 4 rings (SSSR count). The first-order valence-corrected chi connectivity index (χ1v) is 8.85. The third kappa shape index (κ3) is 2.77. The molecule has 6 heteroatoms. The second-order valence-corrected chi connectivity index (χ2v) is 6.93. The first-order valence-electron chi connectivity index (χ1n) is 8.85. The Kier molecular flexibility index (Phi) is 4.00. The summed E-state index contributed by atoms with van der Waals surface area (Å²) in [6, 6.07) is 9.95. The van der Waals surface area contributed by atoms with Gasteiger partial charge in [-0.3, -0.25) is 9.67 Å². The van der Waals surface area contributed by atoms with Crippen LogP contribution in [0.15, 0.2) is 42.7 Å². The van der Waals surface area contributed by atoms with Gasteiger partial charge in [-0.1, -0.05) is 26.5 Å². The van der Waals surface area contributed by atoms with Crippen LogP contribution in [0.4, 0.5) is 5.82 Å². The summed E-state index contributed by atoms with van der Waals surface area (Å²) in [6.07, 6.45) is 3.57. The molecule has 134 valence electrons. The average Bonchev–Trinajstić information content (AvgIpc) is 3.21. The highest BCUT2D eigenvalue weighted by Crippen LogP contribution is 2.37. The van der Waals surface area contributed by atoms with E-state index in [0.29, 0.717) is 5.82 Å². The zero-order chi connectivity index (χ0) is 19.1. The molecule has 0 atom stereocenters. The van der Waals surface area contributed by atoms with Crippen LogP contribution in [0.25, 0.3) is 33.0 Å². The molecule has 0 saturated heterocycles. The van der Waals surface area contributed by atoms with Crippen LogP contribution in [0.3, 0.4) is 0 Å². The molecule has 0 radical (unpaired) electrons. The molecular formula is C21H20N6. The maximum Gasteiger partial charge on any atom is 0.254 e. The Balaban J connectivity index is 2.03. The first-order chi connectivity index (χ1) is 13.0. The summed E-state index contributed by atoms with van der Waals surface area (Å²) in [7, 11) is 1.97. The molecule has 4 heterocycles. The molecule has 0 unspecified atom stereocenters. The number of aryl methyl sites for hydroxylation is 2. The molecule has 0 aliphatic carbocycles. The second-order valence-electron chi connectivity index (χ2n) is 6.93. The molecule has 0 aliphatic rings. The summed E-state index contributed by atoms with van der Waals surface area (Å²) < 4.78 is 3.76. The highest BCUT2D eigenvalue weighted by Gasteiger charge is 2.23. The monoisotopic (exact) mass is 356 g/mol. The van der Waals surface area contributed by atoms with Crippen LogP contribution in [-0.4, -0.2) is 24.1 Å². The molecule has 6 nitrogen and oxygen atoms in total. The Morgan fingerprint density at radius 3 is 2.67 bits per heavy atom. The standard InChI is InChI=1S/C21H20N6/c1-13(2)21-19(15-9-10-17-23-11-18(22-4)27(17)12-15)20(25-26(21)5)16-8-6-7-14(3)24-16/h6-13H,1-3,5H3. The van der Waals surface area contributed by atoms with Gasteiger partial charge in [0, 0.05) is 35.6 Å². The van der Waals surface area contributed by atoms with Crippen molar-refractivity contribution in [3.63, 3.8) is 0 Å². The number of rotatable bonds is 3. The maximum atomic E-state index is 7.37. The van der Waals surface area contributed by atoms with Gasteiger partial charge >= 0.3 is 0 Å². The predicted molar refractivity (Wildman–Crippen MR) is 106 cm³/mol. The van der Waals surface area contributed by atoms with E-state index < -0.39 is 0 Å². The summed E-state index contributed by atoms with van der Waals surface area (Å²) in [5, 5.41) is 4.80. The van der Waals surface area contributed by atoms with Crippen LogP contribution >= 0.6 is 0 Å². The number of hydrogen-bond donors (Lipinski definition) is 0. The van der Waals surface area contributed by atoms with Crippen molar-refractivity contribution in [3.8, 4) is 22.5 Å². The SMILES string of the molecule is [C-]#[N+]c1cnc2ccc(-c3c(-c4cccc(C)n4)nn(C)c3C(C)C)cn12. The van der Waals surface area contributed by atoms with Crippen molar-refractivity contribution in [1.82, 2.24) is 24.1 Å². The fraction of sp³-hybridized carbons (Fsp3) is 0.238. The van der Waals surface area contributed by atoms with Crippen molar-refractivity contribution in [1.29, 1.82) is 0 Å². The minimum atomic E-state index is 0.287. The van der Waals surface area contributed by atoms with E-state index >= 15 is 0 Å². The number of pyridine rings is 2. The van der Waals surface area contributed by atoms with Gasteiger partial charge in [0.2, 0.25) is 5.65 Å². The number of hydrogen-bond acceptors (Lipinski definition) is 3. The molecule has 0 aliphatic heterocycles. The van der Waals surface area contributed by atoms with Gasteiger partial charge in [-0.2, -0.15) is 5.10 Å². The van der Waals surface area contributed by atoms with Gasteiger partial charge in [-0.15, -0.1) is 0 Å². The summed E-state index contributed by atoms with van der Waals surface area (Å²) in [5.74, 6) is 0.784. The van der Waals surface area contributed by atoms with Gasteiger partial charge in [0.25, 0.3) is 5.82 Å². The summed E-state index contributed by atoms with van der Waals surface area (Å²) in [6.45, 7) is 13.7. The zero-order valence-electron chi connectivity index (χ0n) is 15.8. The molecule has 4 aromatic rings. The molecule has 0 aromatic carbocycles. The van der Waals surface area contributed by atoms with Crippen molar-refractivity contribution in [2.24, 2.45) is 7.05 Å². The number of aromatic nitrogens is 5. The second kappa shape index (κ2) is 6.36. The fourth-order valence-electron chi connectivity index (χ4n) is 3.54. The van der Waals surface area contributed by atoms with Crippen molar-refractivity contribution < 1.29 is 0 Å². The van der Waals surface area contributed by atoms with Crippen LogP contribution < -0.4 is 0 Å². The lowest BCUT2D eigenvalue weighted by Gasteiger charge is -2.10. The minimum Gasteiger partial charge on any atom is -0.362 e. The molecule has 4 aromatic heterocycles. The largest absolute Gasteiger partial charge is 0.362 e. The summed E-state index contributed by atoms with van der Waals surface area (Å²) in [5.41, 5.74) is 6.61. The van der Waals surface area contributed by atoms with E-state index in [-0.39, 0.29) is 5.92 Å². The van der Waals surface area contributed by atoms with Crippen LogP contribution in [0.2, 0.25) is 0 Å². The molecular weight excluding hydrogens is 336 g/mol. The van der Waals surface area contributed by atoms with Crippen molar-refractivity contribution in [3.05, 3.63) is 65.5 Å². The van der Waals surface area contributed by atoms with Crippen LogP contribution in [0, 0.1) is 13.5 Å². The Morgan fingerprint density at radius 2 is 1.96 bits per heavy atom. The highest BCUT2D eigenvalue weighted by molar-refractivity contribution is 5.82. The molecule has 0 saturated carbocycles. The van der Waals surface area contributed by atoms with Crippen molar-refractivity contribution >= 4 is 11.5 Å². The lowest BCUT2D eigenvalue weighted by molar-refractivity contribution is 0.671. The Bertz CT molecular complexity index is 1190. The van der Waals surface area contributed by atoms with Gasteiger partial charge in [-0.05, 0) is 31.0 Å². The molecule has 27 heavy (non-hydrogen) atoms. The molecule has 0 amide bonds. The van der Waals surface area contributed by atoms with E-state index in [4.69, 9.17) is 11.7 Å². The van der Waals surface area contributed by atoms with E-state index in [0.717, 1.165) is 39.5 Å². The molecule has 0 spiro atoms. The normalized spacial score (nSPS) is 11.3. The number of imidazole rings is 1. The fourth-order valence-corrected chi connectivity index (χ4v) is 3.54. The van der Waals surface area contributed by atoms with E-state index in [9.17, 15) is 0 Å². The lowest BCUT2D eigenvalue weighted by atomic mass is 9.97. The minimum absolute atomic E-state index is 0.287. The maximum absolute atomic E-state index is 7.37. The zero-order valence-corrected chi connectivity index (χ0v) is 15.8. The molecule has 0 bridgehead atoms. The van der Waals surface area contributed by atoms with E-state index in [1.54, 1.807) is 6.20 Å². The van der Waals surface area contributed by atoms with Gasteiger partial charge in [0.05, 0.1) is 18.1 Å². The predicted octanol–water partition coefficient (Wildman–Crippen LogP) is 4.78. The third-order valence-corrected chi connectivity index (χ3v) is 4.66. The van der Waals surface area contributed by atoms with Crippen molar-refractivity contribution in [2.45, 2.75) is 26.7 Å². The van der Waals surface area contributed by atoms with Gasteiger partial charge in [-0.25, -0.2) is 9.38 Å². The van der Waals surface area contributed by atoms with E-state index in [2.05, 4.69) is 28.7 Å². The Labute approximate surface area is 158 Å². The van der Waals surface area contributed by atoms with E-state index in [1.165, 1.54) is 0 Å². The number of fused-ring (bicyclic) bond motifs is 1. The Hall–Kier alpha value is -3.46. The van der Waals surface area contributed by atoms with Gasteiger partial charge in [0.1, 0.15) is 5.69 Å². The van der Waals surface area contributed by atoms with Crippen LogP contribution in [0.1, 0.15) is 31.2 Å². The van der Waals surface area contributed by atoms with E-state index in [1.807, 2.05) is 59.6 Å². The Morgan fingerprint density at radius 1 is 1.15 bits per heavy atom. The number of nitrogens with zero attached hydrogens (tertiary/aromatic N) is 6. The quantitative estimate of drug-likeness (QED) is 0.496. The van der Waals surface area contributed by atoms with Crippen LogP contribution in [-0.2, 0) is 7.05 Å². The average molecular weight is 356 g/mol. The van der Waals surface area contributed by atoms with Gasteiger partial charge < -0.3 is 4.85 Å². The summed E-state index contributed by atoms with van der Waals surface area (Å²) in [4.78, 5) is 12.5. The molecule has 0 N–H and O–H groups in total. The smallest absolute Gasteiger partial charge is 0.254 e. The molecule has 0 fully saturated rings. The summed E-state index contributed by atoms with van der Waals surface area (Å²) >= 11 is 0. The third-order valence-electron chi connectivity index (χ3n) is 4.66. The van der Waals surface area contributed by atoms with Crippen LogP contribution in [0.5, 0.6) is 0 Å². The lowest BCUT2D eigenvalue weighted by Crippen LogP contribution is -2.01. The first kappa shape index (κ1) is 17.0. The van der Waals surface area contributed by atoms with Gasteiger partial charge in [0.15, 0.2) is 0 Å².